The molecule has 106 valence electrons. The summed E-state index contributed by atoms with van der Waals surface area (Å²) in [5.41, 5.74) is 7.33. The van der Waals surface area contributed by atoms with Crippen molar-refractivity contribution in [1.29, 1.82) is 0 Å². The molecular weight excluding hydrogens is 268 g/mol. The highest BCUT2D eigenvalue weighted by atomic mass is 16.1. The molecule has 0 atom stereocenters. The van der Waals surface area contributed by atoms with E-state index in [4.69, 9.17) is 0 Å². The summed E-state index contributed by atoms with van der Waals surface area (Å²) in [6, 6.07) is 25.2. The zero-order chi connectivity index (χ0) is 15.1. The van der Waals surface area contributed by atoms with Crippen LogP contribution < -0.4 is 0 Å². The molecule has 0 aliphatic heterocycles. The Kier molecular flexibility index (Phi) is 2.93. The molecule has 3 aromatic rings. The van der Waals surface area contributed by atoms with Gasteiger partial charge in [0.15, 0.2) is 5.78 Å². The van der Waals surface area contributed by atoms with Crippen molar-refractivity contribution in [1.82, 2.24) is 0 Å². The van der Waals surface area contributed by atoms with Gasteiger partial charge in [0.05, 0.1) is 0 Å². The highest BCUT2D eigenvalue weighted by Crippen LogP contribution is 2.47. The van der Waals surface area contributed by atoms with Gasteiger partial charge in [-0.25, -0.2) is 0 Å². The number of fused-ring (bicyclic) bond motifs is 3. The number of benzene rings is 3. The molecule has 3 aromatic carbocycles. The Morgan fingerprint density at radius 2 is 1.23 bits per heavy atom. The van der Waals surface area contributed by atoms with Gasteiger partial charge >= 0.3 is 0 Å². The van der Waals surface area contributed by atoms with E-state index in [1.807, 2.05) is 12.1 Å². The van der Waals surface area contributed by atoms with Crippen LogP contribution in [0.5, 0.6) is 0 Å². The van der Waals surface area contributed by atoms with Gasteiger partial charge in [0.2, 0.25) is 0 Å². The highest BCUT2D eigenvalue weighted by Gasteiger charge is 2.28. The first kappa shape index (κ1) is 13.0. The number of hydrogen-bond donors (Lipinski definition) is 0. The van der Waals surface area contributed by atoms with Gasteiger partial charge in [-0.2, -0.15) is 0 Å². The standard InChI is InChI=1S/C21H16O/c1-14(22)15-10-12-16(13-11-15)21-19-8-4-2-6-17(19)18-7-3-5-9-20(18)21/h2-13,21H,1H3. The lowest BCUT2D eigenvalue weighted by Crippen LogP contribution is -2.00. The van der Waals surface area contributed by atoms with Gasteiger partial charge in [-0.1, -0.05) is 72.8 Å². The molecule has 0 bridgehead atoms. The van der Waals surface area contributed by atoms with Crippen LogP contribution in [0.1, 0.15) is 39.9 Å². The Bertz CT molecular complexity index is 814. The number of Topliss-reactive ketones (excluding diaryl/α,β-unsaturated/α-hetero) is 1. The fourth-order valence-corrected chi connectivity index (χ4v) is 3.42. The van der Waals surface area contributed by atoms with Crippen LogP contribution in [0, 0.1) is 0 Å². The quantitative estimate of drug-likeness (QED) is 0.471. The topological polar surface area (TPSA) is 17.1 Å². The molecule has 1 aliphatic rings. The normalized spacial score (nSPS) is 12.8. The minimum Gasteiger partial charge on any atom is -0.295 e. The van der Waals surface area contributed by atoms with Crippen molar-refractivity contribution in [3.05, 3.63) is 95.1 Å². The van der Waals surface area contributed by atoms with Gasteiger partial charge in [0.1, 0.15) is 0 Å². The highest BCUT2D eigenvalue weighted by molar-refractivity contribution is 5.94. The lowest BCUT2D eigenvalue weighted by molar-refractivity contribution is 0.101. The fourth-order valence-electron chi connectivity index (χ4n) is 3.42. The summed E-state index contributed by atoms with van der Waals surface area (Å²) in [7, 11) is 0. The van der Waals surface area contributed by atoms with Crippen LogP contribution in [0.3, 0.4) is 0 Å². The van der Waals surface area contributed by atoms with Crippen LogP contribution in [-0.4, -0.2) is 5.78 Å². The minimum atomic E-state index is 0.110. The SMILES string of the molecule is CC(=O)c1ccc(C2c3ccccc3-c3ccccc32)cc1. The fraction of sp³-hybridized carbons (Fsp3) is 0.0952. The third-order valence-corrected chi connectivity index (χ3v) is 4.48. The van der Waals surface area contributed by atoms with Crippen molar-refractivity contribution in [3.8, 4) is 11.1 Å². The van der Waals surface area contributed by atoms with E-state index < -0.39 is 0 Å². The second-order valence-electron chi connectivity index (χ2n) is 5.79. The molecule has 0 N–H and O–H groups in total. The third kappa shape index (κ3) is 1.90. The van der Waals surface area contributed by atoms with Crippen molar-refractivity contribution in [2.45, 2.75) is 12.8 Å². The van der Waals surface area contributed by atoms with Crippen LogP contribution in [0.15, 0.2) is 72.8 Å². The molecule has 0 amide bonds. The molecule has 0 heterocycles. The summed E-state index contributed by atoms with van der Waals surface area (Å²) in [4.78, 5) is 11.5. The third-order valence-electron chi connectivity index (χ3n) is 4.48. The van der Waals surface area contributed by atoms with Crippen molar-refractivity contribution in [2.24, 2.45) is 0 Å². The average Bonchev–Trinajstić information content (AvgIpc) is 2.89. The minimum absolute atomic E-state index is 0.110. The largest absolute Gasteiger partial charge is 0.295 e. The van der Waals surface area contributed by atoms with Crippen LogP contribution in [0.2, 0.25) is 0 Å². The summed E-state index contributed by atoms with van der Waals surface area (Å²) < 4.78 is 0. The first-order valence-electron chi connectivity index (χ1n) is 7.55. The van der Waals surface area contributed by atoms with E-state index in [0.717, 1.165) is 5.56 Å². The number of carbonyl (C=O) groups is 1. The second-order valence-corrected chi connectivity index (χ2v) is 5.79. The molecule has 0 aromatic heterocycles. The molecular formula is C21H16O. The summed E-state index contributed by atoms with van der Waals surface area (Å²) in [6.07, 6.45) is 0. The van der Waals surface area contributed by atoms with Crippen LogP contribution >= 0.6 is 0 Å². The molecule has 0 radical (unpaired) electrons. The van der Waals surface area contributed by atoms with Crippen LogP contribution in [0.4, 0.5) is 0 Å². The number of carbonyl (C=O) groups excluding carboxylic acids is 1. The molecule has 1 heteroatoms. The Balaban J connectivity index is 1.89. The first-order valence-corrected chi connectivity index (χ1v) is 7.55. The first-order chi connectivity index (χ1) is 10.8. The van der Waals surface area contributed by atoms with Gasteiger partial charge in [0.25, 0.3) is 0 Å². The Morgan fingerprint density at radius 3 is 1.73 bits per heavy atom. The maximum Gasteiger partial charge on any atom is 0.159 e. The zero-order valence-electron chi connectivity index (χ0n) is 12.4. The molecule has 4 rings (SSSR count). The molecule has 0 saturated carbocycles. The summed E-state index contributed by atoms with van der Waals surface area (Å²) in [5.74, 6) is 0.368. The lowest BCUT2D eigenvalue weighted by Gasteiger charge is -2.14. The Morgan fingerprint density at radius 1 is 0.727 bits per heavy atom. The average molecular weight is 284 g/mol. The molecule has 0 saturated heterocycles. The smallest absolute Gasteiger partial charge is 0.159 e. The van der Waals surface area contributed by atoms with Gasteiger partial charge in [0, 0.05) is 11.5 Å². The predicted octanol–water partition coefficient (Wildman–Crippen LogP) is 5.05. The van der Waals surface area contributed by atoms with Gasteiger partial charge in [-0.15, -0.1) is 0 Å². The van der Waals surface area contributed by atoms with Crippen molar-refractivity contribution >= 4 is 5.78 Å². The molecule has 22 heavy (non-hydrogen) atoms. The summed E-state index contributed by atoms with van der Waals surface area (Å²) in [6.45, 7) is 1.61. The zero-order valence-corrected chi connectivity index (χ0v) is 12.4. The maximum absolute atomic E-state index is 11.5. The molecule has 0 fully saturated rings. The van der Waals surface area contributed by atoms with Crippen LogP contribution in [-0.2, 0) is 0 Å². The number of rotatable bonds is 2. The van der Waals surface area contributed by atoms with Crippen LogP contribution in [0.25, 0.3) is 11.1 Å². The van der Waals surface area contributed by atoms with E-state index in [-0.39, 0.29) is 11.7 Å². The van der Waals surface area contributed by atoms with E-state index in [9.17, 15) is 4.79 Å². The summed E-state index contributed by atoms with van der Waals surface area (Å²) in [5, 5.41) is 0. The van der Waals surface area contributed by atoms with Crippen molar-refractivity contribution in [3.63, 3.8) is 0 Å². The van der Waals surface area contributed by atoms with Gasteiger partial charge in [-0.3, -0.25) is 4.79 Å². The van der Waals surface area contributed by atoms with E-state index in [2.05, 4.69) is 60.7 Å². The van der Waals surface area contributed by atoms with E-state index in [1.165, 1.54) is 27.8 Å². The summed E-state index contributed by atoms with van der Waals surface area (Å²) >= 11 is 0. The van der Waals surface area contributed by atoms with Crippen molar-refractivity contribution < 1.29 is 4.79 Å². The van der Waals surface area contributed by atoms with Gasteiger partial charge < -0.3 is 0 Å². The van der Waals surface area contributed by atoms with E-state index >= 15 is 0 Å². The van der Waals surface area contributed by atoms with Crippen molar-refractivity contribution in [2.75, 3.05) is 0 Å². The predicted molar refractivity (Wildman–Crippen MR) is 89.3 cm³/mol. The molecule has 0 spiro atoms. The number of hydrogen-bond acceptors (Lipinski definition) is 1. The van der Waals surface area contributed by atoms with E-state index in [0.29, 0.717) is 0 Å². The Labute approximate surface area is 130 Å². The molecule has 1 aliphatic carbocycles. The number of ketones is 1. The molecule has 0 unspecified atom stereocenters. The monoisotopic (exact) mass is 284 g/mol. The maximum atomic E-state index is 11.5. The lowest BCUT2D eigenvalue weighted by atomic mass is 9.89. The van der Waals surface area contributed by atoms with E-state index in [1.54, 1.807) is 6.92 Å². The second kappa shape index (κ2) is 4.96. The van der Waals surface area contributed by atoms with Gasteiger partial charge in [-0.05, 0) is 34.7 Å². The Hall–Kier alpha value is -2.67. The molecule has 1 nitrogen and oxygen atoms in total.